The van der Waals surface area contributed by atoms with Crippen molar-refractivity contribution >= 4 is 21.8 Å². The first-order valence-corrected chi connectivity index (χ1v) is 11.8. The van der Waals surface area contributed by atoms with Gasteiger partial charge in [-0.25, -0.2) is 8.42 Å². The van der Waals surface area contributed by atoms with E-state index in [4.69, 9.17) is 9.47 Å². The standard InChI is InChI=1S/C21H23N3O5S/c25-21(16-5-7-20-22-30(26,27)12-9-23(20)14-16)24-8-1-3-17(24)15-4-6-18-19(13-15)29-11-2-10-28-18/h4-7,13-14,17H,1-3,8-12H2/t17-/m0/s1. The van der Waals surface area contributed by atoms with Crippen molar-refractivity contribution in [3.63, 3.8) is 0 Å². The van der Waals surface area contributed by atoms with Crippen LogP contribution in [0.3, 0.4) is 0 Å². The third-order valence-electron chi connectivity index (χ3n) is 5.74. The van der Waals surface area contributed by atoms with E-state index >= 15 is 0 Å². The lowest BCUT2D eigenvalue weighted by molar-refractivity contribution is -0.127. The average molecular weight is 429 g/mol. The van der Waals surface area contributed by atoms with Crippen LogP contribution in [0, 0.1) is 0 Å². The molecule has 5 rings (SSSR count). The Morgan fingerprint density at radius 1 is 1.07 bits per heavy atom. The molecular weight excluding hydrogens is 406 g/mol. The van der Waals surface area contributed by atoms with E-state index in [0.717, 1.165) is 36.3 Å². The highest BCUT2D eigenvalue weighted by atomic mass is 32.2. The summed E-state index contributed by atoms with van der Waals surface area (Å²) < 4.78 is 38.7. The largest absolute Gasteiger partial charge is 0.490 e. The maximum Gasteiger partial charge on any atom is 0.256 e. The van der Waals surface area contributed by atoms with Crippen LogP contribution in [0.15, 0.2) is 46.5 Å². The molecule has 0 aromatic heterocycles. The van der Waals surface area contributed by atoms with Gasteiger partial charge in [0.2, 0.25) is 0 Å². The molecule has 4 aliphatic rings. The zero-order valence-electron chi connectivity index (χ0n) is 16.5. The topological polar surface area (TPSA) is 88.5 Å². The number of rotatable bonds is 2. The Bertz CT molecular complexity index is 1080. The summed E-state index contributed by atoms with van der Waals surface area (Å²) in [6, 6.07) is 5.89. The number of ether oxygens (including phenoxy) is 2. The third kappa shape index (κ3) is 3.58. The van der Waals surface area contributed by atoms with Crippen molar-refractivity contribution in [1.82, 2.24) is 9.80 Å². The summed E-state index contributed by atoms with van der Waals surface area (Å²) in [6.45, 7) is 2.24. The molecule has 8 nitrogen and oxygen atoms in total. The normalized spacial score (nSPS) is 24.6. The molecule has 1 saturated heterocycles. The third-order valence-corrected chi connectivity index (χ3v) is 6.90. The predicted octanol–water partition coefficient (Wildman–Crippen LogP) is 2.01. The number of amides is 1. The summed E-state index contributed by atoms with van der Waals surface area (Å²) >= 11 is 0. The van der Waals surface area contributed by atoms with E-state index in [1.54, 1.807) is 23.3 Å². The van der Waals surface area contributed by atoms with E-state index in [1.807, 2.05) is 23.1 Å². The lowest BCUT2D eigenvalue weighted by atomic mass is 10.0. The Morgan fingerprint density at radius 3 is 2.77 bits per heavy atom. The fourth-order valence-electron chi connectivity index (χ4n) is 4.24. The van der Waals surface area contributed by atoms with Crippen molar-refractivity contribution in [2.24, 2.45) is 4.40 Å². The van der Waals surface area contributed by atoms with Gasteiger partial charge in [0.15, 0.2) is 11.5 Å². The molecule has 4 heterocycles. The quantitative estimate of drug-likeness (QED) is 0.715. The Hall–Kier alpha value is -2.81. The highest BCUT2D eigenvalue weighted by molar-refractivity contribution is 7.90. The fourth-order valence-corrected chi connectivity index (χ4v) is 5.21. The van der Waals surface area contributed by atoms with Crippen molar-refractivity contribution < 1.29 is 22.7 Å². The van der Waals surface area contributed by atoms with E-state index in [0.29, 0.717) is 37.7 Å². The van der Waals surface area contributed by atoms with Crippen molar-refractivity contribution in [3.8, 4) is 11.5 Å². The zero-order chi connectivity index (χ0) is 20.7. The number of carbonyl (C=O) groups is 1. The molecule has 1 amide bonds. The molecule has 1 fully saturated rings. The molecule has 1 aromatic carbocycles. The van der Waals surface area contributed by atoms with Gasteiger partial charge in [-0.1, -0.05) is 6.07 Å². The molecule has 0 saturated carbocycles. The summed E-state index contributed by atoms with van der Waals surface area (Å²) in [4.78, 5) is 16.9. The van der Waals surface area contributed by atoms with Crippen LogP contribution in [0.25, 0.3) is 0 Å². The molecule has 1 aromatic rings. The van der Waals surface area contributed by atoms with Gasteiger partial charge in [0.25, 0.3) is 15.9 Å². The lowest BCUT2D eigenvalue weighted by Crippen LogP contribution is -2.39. The molecule has 0 radical (unpaired) electrons. The number of amidine groups is 1. The molecule has 158 valence electrons. The van der Waals surface area contributed by atoms with Crippen LogP contribution in [0.2, 0.25) is 0 Å². The van der Waals surface area contributed by atoms with Gasteiger partial charge < -0.3 is 19.3 Å². The van der Waals surface area contributed by atoms with E-state index in [2.05, 4.69) is 4.40 Å². The van der Waals surface area contributed by atoms with Crippen LogP contribution in [0.5, 0.6) is 11.5 Å². The SMILES string of the molecule is O=C(C1=CN2CCS(=O)(=O)N=C2C=C1)N1CCC[C@H]1c1ccc2c(c1)OCCCO2. The summed E-state index contributed by atoms with van der Waals surface area (Å²) in [5.74, 6) is 1.73. The molecular formula is C21H23N3O5S. The van der Waals surface area contributed by atoms with Gasteiger partial charge in [-0.3, -0.25) is 4.79 Å². The molecule has 0 aliphatic carbocycles. The van der Waals surface area contributed by atoms with Gasteiger partial charge in [0.1, 0.15) is 5.84 Å². The van der Waals surface area contributed by atoms with Gasteiger partial charge in [-0.2, -0.15) is 0 Å². The minimum atomic E-state index is -3.41. The molecule has 9 heteroatoms. The molecule has 0 spiro atoms. The molecule has 0 bridgehead atoms. The fraction of sp³-hybridized carbons (Fsp3) is 0.429. The van der Waals surface area contributed by atoms with Gasteiger partial charge in [0, 0.05) is 25.7 Å². The van der Waals surface area contributed by atoms with Crippen molar-refractivity contribution in [3.05, 3.63) is 47.7 Å². The molecule has 4 aliphatic heterocycles. The number of nitrogens with zero attached hydrogens (tertiary/aromatic N) is 3. The Balaban J connectivity index is 1.38. The second kappa shape index (κ2) is 7.46. The summed E-state index contributed by atoms with van der Waals surface area (Å²) in [7, 11) is -3.41. The monoisotopic (exact) mass is 429 g/mol. The predicted molar refractivity (Wildman–Crippen MR) is 111 cm³/mol. The number of carbonyl (C=O) groups excluding carboxylic acids is 1. The first kappa shape index (κ1) is 19.2. The van der Waals surface area contributed by atoms with Crippen molar-refractivity contribution in [2.45, 2.75) is 25.3 Å². The lowest BCUT2D eigenvalue weighted by Gasteiger charge is -2.30. The van der Waals surface area contributed by atoms with Crippen molar-refractivity contribution in [2.75, 3.05) is 32.1 Å². The van der Waals surface area contributed by atoms with Crippen LogP contribution >= 0.6 is 0 Å². The van der Waals surface area contributed by atoms with Crippen LogP contribution in [-0.4, -0.2) is 62.0 Å². The highest BCUT2D eigenvalue weighted by Crippen LogP contribution is 2.38. The minimum absolute atomic E-state index is 0.0271. The van der Waals surface area contributed by atoms with Gasteiger partial charge in [0.05, 0.1) is 30.6 Å². The number of likely N-dealkylation sites (tertiary alicyclic amines) is 1. The highest BCUT2D eigenvalue weighted by Gasteiger charge is 2.33. The Morgan fingerprint density at radius 2 is 1.90 bits per heavy atom. The second-order valence-electron chi connectivity index (χ2n) is 7.76. The van der Waals surface area contributed by atoms with E-state index < -0.39 is 10.0 Å². The minimum Gasteiger partial charge on any atom is -0.490 e. The first-order valence-electron chi connectivity index (χ1n) is 10.2. The summed E-state index contributed by atoms with van der Waals surface area (Å²) in [5, 5.41) is 0. The van der Waals surface area contributed by atoms with Crippen LogP contribution in [0.4, 0.5) is 0 Å². The van der Waals surface area contributed by atoms with E-state index in [-0.39, 0.29) is 17.7 Å². The van der Waals surface area contributed by atoms with Crippen LogP contribution in [-0.2, 0) is 14.8 Å². The molecule has 0 N–H and O–H groups in total. The number of hydrogen-bond donors (Lipinski definition) is 0. The van der Waals surface area contributed by atoms with E-state index in [1.165, 1.54) is 0 Å². The van der Waals surface area contributed by atoms with Crippen molar-refractivity contribution in [1.29, 1.82) is 0 Å². The Labute approximate surface area is 175 Å². The Kier molecular flexibility index (Phi) is 4.77. The maximum absolute atomic E-state index is 13.3. The van der Waals surface area contributed by atoms with E-state index in [9.17, 15) is 13.2 Å². The second-order valence-corrected chi connectivity index (χ2v) is 9.51. The van der Waals surface area contributed by atoms with Crippen LogP contribution < -0.4 is 9.47 Å². The zero-order valence-corrected chi connectivity index (χ0v) is 17.3. The van der Waals surface area contributed by atoms with Gasteiger partial charge in [-0.15, -0.1) is 4.40 Å². The van der Waals surface area contributed by atoms with Gasteiger partial charge >= 0.3 is 0 Å². The van der Waals surface area contributed by atoms with Gasteiger partial charge in [-0.05, 0) is 42.7 Å². The molecule has 30 heavy (non-hydrogen) atoms. The maximum atomic E-state index is 13.3. The number of fused-ring (bicyclic) bond motifs is 2. The number of sulfonamides is 1. The summed E-state index contributed by atoms with van der Waals surface area (Å²) in [5.41, 5.74) is 1.58. The molecule has 1 atom stereocenters. The smallest absolute Gasteiger partial charge is 0.256 e. The molecule has 0 unspecified atom stereocenters. The van der Waals surface area contributed by atoms with Crippen LogP contribution in [0.1, 0.15) is 30.9 Å². The average Bonchev–Trinajstić information content (AvgIpc) is 3.11. The number of benzene rings is 1. The summed E-state index contributed by atoms with van der Waals surface area (Å²) in [6.07, 6.45) is 7.62. The first-order chi connectivity index (χ1) is 14.5. The number of hydrogen-bond acceptors (Lipinski definition) is 6.